The van der Waals surface area contributed by atoms with Gasteiger partial charge in [0.05, 0.1) is 18.3 Å². The second-order valence-corrected chi connectivity index (χ2v) is 8.00. The minimum Gasteiger partial charge on any atom is -0.390 e. The highest BCUT2D eigenvalue weighted by molar-refractivity contribution is 6.06. The Balaban J connectivity index is 1.45. The molecule has 3 rings (SSSR count). The van der Waals surface area contributed by atoms with Crippen LogP contribution in [0.1, 0.15) is 30.9 Å². The molecule has 2 aliphatic heterocycles. The fraction of sp³-hybridized carbons (Fsp3) is 0.722. The Morgan fingerprint density at radius 3 is 2.30 bits per heavy atom. The molecule has 1 atom stereocenters. The maximum absolute atomic E-state index is 12.2. The molecule has 27 heavy (non-hydrogen) atoms. The van der Waals surface area contributed by atoms with E-state index in [4.69, 9.17) is 4.52 Å². The number of imide groups is 1. The predicted octanol–water partition coefficient (Wildman–Crippen LogP) is 0.100. The van der Waals surface area contributed by atoms with Crippen LogP contribution >= 0.6 is 0 Å². The minimum atomic E-state index is -0.902. The van der Waals surface area contributed by atoms with Crippen molar-refractivity contribution in [3.8, 4) is 0 Å². The van der Waals surface area contributed by atoms with Gasteiger partial charge < -0.3 is 14.9 Å². The highest BCUT2D eigenvalue weighted by Crippen LogP contribution is 2.18. The van der Waals surface area contributed by atoms with Crippen LogP contribution in [-0.2, 0) is 11.3 Å². The van der Waals surface area contributed by atoms with Crippen molar-refractivity contribution >= 4 is 11.9 Å². The number of carbonyl (C=O) groups excluding carboxylic acids is 2. The molecule has 2 saturated heterocycles. The van der Waals surface area contributed by atoms with Gasteiger partial charge in [0.1, 0.15) is 11.3 Å². The van der Waals surface area contributed by atoms with Crippen molar-refractivity contribution in [2.75, 3.05) is 39.3 Å². The van der Waals surface area contributed by atoms with Crippen LogP contribution in [0.4, 0.5) is 4.79 Å². The number of rotatable bonds is 6. The van der Waals surface area contributed by atoms with Crippen molar-refractivity contribution in [2.24, 2.45) is 0 Å². The van der Waals surface area contributed by atoms with Crippen LogP contribution in [0.3, 0.4) is 0 Å². The molecule has 0 bridgehead atoms. The molecule has 1 unspecified atom stereocenters. The molecule has 3 heterocycles. The smallest absolute Gasteiger partial charge is 0.325 e. The van der Waals surface area contributed by atoms with Gasteiger partial charge in [-0.2, -0.15) is 0 Å². The first-order valence-electron chi connectivity index (χ1n) is 9.36. The number of aryl methyl sites for hydroxylation is 2. The molecule has 0 radical (unpaired) electrons. The van der Waals surface area contributed by atoms with Gasteiger partial charge in [0.15, 0.2) is 0 Å². The summed E-state index contributed by atoms with van der Waals surface area (Å²) in [6, 6.07) is -0.437. The molecule has 2 aliphatic rings. The topological polar surface area (TPSA) is 102 Å². The van der Waals surface area contributed by atoms with Gasteiger partial charge in [0.2, 0.25) is 0 Å². The van der Waals surface area contributed by atoms with Crippen LogP contribution in [0.5, 0.6) is 0 Å². The molecule has 9 heteroatoms. The van der Waals surface area contributed by atoms with Crippen LogP contribution in [-0.4, -0.2) is 87.8 Å². The van der Waals surface area contributed by atoms with Crippen molar-refractivity contribution in [3.63, 3.8) is 0 Å². The number of aliphatic hydroxyl groups excluding tert-OH is 1. The Morgan fingerprint density at radius 1 is 1.15 bits per heavy atom. The molecule has 2 N–H and O–H groups in total. The van der Waals surface area contributed by atoms with Crippen LogP contribution in [0.15, 0.2) is 4.52 Å². The van der Waals surface area contributed by atoms with Gasteiger partial charge in [0, 0.05) is 44.8 Å². The third-order valence-electron chi connectivity index (χ3n) is 5.33. The number of aromatic nitrogens is 1. The maximum Gasteiger partial charge on any atom is 0.325 e. The van der Waals surface area contributed by atoms with Gasteiger partial charge in [-0.1, -0.05) is 5.16 Å². The lowest BCUT2D eigenvalue weighted by atomic mass is 10.1. The molecule has 0 aromatic carbocycles. The minimum absolute atomic E-state index is 0.0212. The number of piperazine rings is 1. The zero-order valence-electron chi connectivity index (χ0n) is 16.5. The highest BCUT2D eigenvalue weighted by atomic mass is 16.5. The number of amides is 3. The lowest BCUT2D eigenvalue weighted by Gasteiger charge is -2.35. The quantitative estimate of drug-likeness (QED) is 0.676. The van der Waals surface area contributed by atoms with E-state index in [-0.39, 0.29) is 12.5 Å². The first-order valence-corrected chi connectivity index (χ1v) is 9.36. The average Bonchev–Trinajstić information content (AvgIpc) is 3.01. The van der Waals surface area contributed by atoms with Gasteiger partial charge in [-0.3, -0.25) is 19.5 Å². The van der Waals surface area contributed by atoms with Crippen molar-refractivity contribution in [2.45, 2.75) is 45.9 Å². The van der Waals surface area contributed by atoms with E-state index in [0.29, 0.717) is 6.54 Å². The van der Waals surface area contributed by atoms with E-state index in [1.807, 2.05) is 13.8 Å². The van der Waals surface area contributed by atoms with E-state index in [0.717, 1.165) is 54.6 Å². The van der Waals surface area contributed by atoms with Gasteiger partial charge in [-0.05, 0) is 27.7 Å². The lowest BCUT2D eigenvalue weighted by Crippen LogP contribution is -2.50. The van der Waals surface area contributed by atoms with Gasteiger partial charge >= 0.3 is 6.03 Å². The zero-order chi connectivity index (χ0) is 19.8. The summed E-state index contributed by atoms with van der Waals surface area (Å²) in [7, 11) is 0. The van der Waals surface area contributed by atoms with Crippen LogP contribution in [0, 0.1) is 13.8 Å². The Kier molecular flexibility index (Phi) is 5.55. The summed E-state index contributed by atoms with van der Waals surface area (Å²) in [6.45, 7) is 11.9. The standard InChI is InChI=1S/C18H29N5O4/c1-12-15(13(2)27-20-12)11-22-7-5-21(6-8-22)9-14(24)10-23-16(25)18(3,4)19-17(23)26/h14,24H,5-11H2,1-4H3,(H,19,26). The highest BCUT2D eigenvalue weighted by Gasteiger charge is 2.44. The van der Waals surface area contributed by atoms with Crippen LogP contribution < -0.4 is 5.32 Å². The summed E-state index contributed by atoms with van der Waals surface area (Å²) in [5.74, 6) is 0.567. The SMILES string of the molecule is Cc1noc(C)c1CN1CCN(CC(O)CN2C(=O)NC(C)(C)C2=O)CC1. The van der Waals surface area contributed by atoms with E-state index in [2.05, 4.69) is 20.3 Å². The number of nitrogens with one attached hydrogen (secondary N) is 1. The normalized spacial score (nSPS) is 22.3. The van der Waals surface area contributed by atoms with E-state index < -0.39 is 17.7 Å². The van der Waals surface area contributed by atoms with Crippen molar-refractivity contribution in [3.05, 3.63) is 17.0 Å². The Labute approximate surface area is 159 Å². The molecule has 0 aliphatic carbocycles. The van der Waals surface area contributed by atoms with E-state index >= 15 is 0 Å². The second-order valence-electron chi connectivity index (χ2n) is 8.00. The summed E-state index contributed by atoms with van der Waals surface area (Å²) < 4.78 is 5.22. The number of β-amino-alcohol motifs (C(OH)–C–C–N with tert-alkyl or cyclic N) is 1. The lowest BCUT2D eigenvalue weighted by molar-refractivity contribution is -0.131. The summed E-state index contributed by atoms with van der Waals surface area (Å²) in [4.78, 5) is 29.8. The molecule has 2 fully saturated rings. The molecule has 3 amide bonds. The van der Waals surface area contributed by atoms with Crippen molar-refractivity contribution < 1.29 is 19.2 Å². The third-order valence-corrected chi connectivity index (χ3v) is 5.33. The number of hydrogen-bond donors (Lipinski definition) is 2. The molecular weight excluding hydrogens is 350 g/mol. The number of hydrogen-bond acceptors (Lipinski definition) is 7. The van der Waals surface area contributed by atoms with E-state index in [1.54, 1.807) is 13.8 Å². The van der Waals surface area contributed by atoms with Crippen LogP contribution in [0.2, 0.25) is 0 Å². The van der Waals surface area contributed by atoms with Crippen molar-refractivity contribution in [1.29, 1.82) is 0 Å². The summed E-state index contributed by atoms with van der Waals surface area (Å²) in [5, 5.41) is 17.0. The monoisotopic (exact) mass is 379 g/mol. The van der Waals surface area contributed by atoms with E-state index in [1.165, 1.54) is 0 Å². The number of nitrogens with zero attached hydrogens (tertiary/aromatic N) is 4. The fourth-order valence-electron chi connectivity index (χ4n) is 3.63. The Hall–Kier alpha value is -1.97. The van der Waals surface area contributed by atoms with Crippen LogP contribution in [0.25, 0.3) is 0 Å². The Morgan fingerprint density at radius 2 is 1.78 bits per heavy atom. The average molecular weight is 379 g/mol. The summed E-state index contributed by atoms with van der Waals surface area (Å²) >= 11 is 0. The fourth-order valence-corrected chi connectivity index (χ4v) is 3.63. The largest absolute Gasteiger partial charge is 0.390 e. The number of aliphatic hydroxyl groups is 1. The first kappa shape index (κ1) is 19.8. The predicted molar refractivity (Wildman–Crippen MR) is 98.0 cm³/mol. The molecule has 0 saturated carbocycles. The molecule has 0 spiro atoms. The van der Waals surface area contributed by atoms with Gasteiger partial charge in [-0.25, -0.2) is 4.79 Å². The number of carbonyl (C=O) groups is 2. The summed E-state index contributed by atoms with van der Waals surface area (Å²) in [5.41, 5.74) is 1.17. The van der Waals surface area contributed by atoms with Crippen molar-refractivity contribution in [1.82, 2.24) is 25.2 Å². The van der Waals surface area contributed by atoms with E-state index in [9.17, 15) is 14.7 Å². The molecule has 9 nitrogen and oxygen atoms in total. The third kappa shape index (κ3) is 4.31. The molecular formula is C18H29N5O4. The second kappa shape index (κ2) is 7.57. The zero-order valence-corrected chi connectivity index (χ0v) is 16.5. The molecule has 1 aromatic rings. The summed E-state index contributed by atoms with van der Waals surface area (Å²) in [6.07, 6.45) is -0.761. The first-order chi connectivity index (χ1) is 12.7. The van der Waals surface area contributed by atoms with Gasteiger partial charge in [0.25, 0.3) is 5.91 Å². The molecule has 150 valence electrons. The maximum atomic E-state index is 12.2. The molecule has 1 aromatic heterocycles. The van der Waals surface area contributed by atoms with Gasteiger partial charge in [-0.15, -0.1) is 0 Å². The number of urea groups is 1. The Bertz CT molecular complexity index is 689.